The lowest BCUT2D eigenvalue weighted by Crippen LogP contribution is -2.50. The van der Waals surface area contributed by atoms with E-state index in [0.717, 1.165) is 43.9 Å². The molecule has 2 heterocycles. The van der Waals surface area contributed by atoms with Gasteiger partial charge in [-0.05, 0) is 25.0 Å². The number of hydrogen-bond acceptors (Lipinski definition) is 5. The third kappa shape index (κ3) is 3.22. The maximum absolute atomic E-state index is 10.3. The molecule has 2 fully saturated rings. The summed E-state index contributed by atoms with van der Waals surface area (Å²) in [6, 6.07) is 10.3. The number of para-hydroxylation sites is 1. The molecule has 128 valence electrons. The topological polar surface area (TPSA) is 63.4 Å². The fraction of sp³-hybridized carbons (Fsp3) is 0.556. The normalized spacial score (nSPS) is 28.3. The van der Waals surface area contributed by atoms with E-state index in [4.69, 9.17) is 4.74 Å². The summed E-state index contributed by atoms with van der Waals surface area (Å²) in [7, 11) is 0. The van der Waals surface area contributed by atoms with E-state index in [1.165, 1.54) is 0 Å². The minimum absolute atomic E-state index is 0.200. The molecule has 0 unspecified atom stereocenters. The third-order valence-corrected chi connectivity index (χ3v) is 5.21. The van der Waals surface area contributed by atoms with Crippen LogP contribution in [0.25, 0.3) is 5.69 Å². The van der Waals surface area contributed by atoms with E-state index in [9.17, 15) is 5.11 Å². The van der Waals surface area contributed by atoms with E-state index in [-0.39, 0.29) is 12.1 Å². The number of morpholine rings is 1. The Balaban J connectivity index is 1.48. The van der Waals surface area contributed by atoms with Crippen LogP contribution in [0, 0.1) is 5.92 Å². The Morgan fingerprint density at radius 3 is 2.88 bits per heavy atom. The first-order chi connectivity index (χ1) is 11.8. The van der Waals surface area contributed by atoms with Gasteiger partial charge in [0.2, 0.25) is 0 Å². The van der Waals surface area contributed by atoms with E-state index in [1.54, 1.807) is 6.33 Å². The molecule has 1 aromatic carbocycles. The molecule has 0 bridgehead atoms. The number of aromatic nitrogens is 3. The van der Waals surface area contributed by atoms with Crippen molar-refractivity contribution in [2.45, 2.75) is 38.0 Å². The molecule has 1 aromatic heterocycles. The lowest BCUT2D eigenvalue weighted by atomic mass is 9.94. The number of rotatable bonds is 4. The van der Waals surface area contributed by atoms with Crippen molar-refractivity contribution in [1.82, 2.24) is 19.7 Å². The average Bonchev–Trinajstić information content (AvgIpc) is 3.25. The van der Waals surface area contributed by atoms with Crippen molar-refractivity contribution < 1.29 is 9.84 Å². The predicted molar refractivity (Wildman–Crippen MR) is 89.7 cm³/mol. The van der Waals surface area contributed by atoms with Crippen molar-refractivity contribution in [3.8, 4) is 5.69 Å². The van der Waals surface area contributed by atoms with Gasteiger partial charge in [-0.25, -0.2) is 9.67 Å². The van der Waals surface area contributed by atoms with E-state index in [0.29, 0.717) is 19.1 Å². The molecule has 4 rings (SSSR count). The summed E-state index contributed by atoms with van der Waals surface area (Å²) in [5.41, 5.74) is 1.01. The van der Waals surface area contributed by atoms with Crippen molar-refractivity contribution in [2.75, 3.05) is 19.8 Å². The number of benzene rings is 1. The van der Waals surface area contributed by atoms with Crippen molar-refractivity contribution in [3.63, 3.8) is 0 Å². The van der Waals surface area contributed by atoms with Crippen LogP contribution in [0.5, 0.6) is 0 Å². The molecule has 1 aliphatic carbocycles. The van der Waals surface area contributed by atoms with Gasteiger partial charge in [-0.3, -0.25) is 4.90 Å². The maximum atomic E-state index is 10.3. The van der Waals surface area contributed by atoms with E-state index in [2.05, 4.69) is 15.0 Å². The molecular formula is C18H24N4O2. The van der Waals surface area contributed by atoms with E-state index in [1.807, 2.05) is 35.0 Å². The van der Waals surface area contributed by atoms with Crippen LogP contribution in [-0.4, -0.2) is 56.7 Å². The van der Waals surface area contributed by atoms with E-state index < -0.39 is 0 Å². The van der Waals surface area contributed by atoms with Crippen molar-refractivity contribution in [3.05, 3.63) is 42.5 Å². The second kappa shape index (κ2) is 7.01. The lowest BCUT2D eigenvalue weighted by molar-refractivity contribution is -0.0545. The summed E-state index contributed by atoms with van der Waals surface area (Å²) in [6.07, 6.45) is 4.67. The summed E-state index contributed by atoms with van der Waals surface area (Å²) < 4.78 is 7.50. The molecule has 6 heteroatoms. The molecular weight excluding hydrogens is 304 g/mol. The molecule has 2 aliphatic rings. The first kappa shape index (κ1) is 15.7. The molecule has 1 saturated carbocycles. The number of nitrogens with zero attached hydrogens (tertiary/aromatic N) is 4. The Bertz CT molecular complexity index is 660. The minimum atomic E-state index is -0.200. The maximum Gasteiger partial charge on any atom is 0.165 e. The molecule has 1 aliphatic heterocycles. The molecule has 0 radical (unpaired) electrons. The van der Waals surface area contributed by atoms with Crippen molar-refractivity contribution in [2.24, 2.45) is 5.92 Å². The zero-order valence-electron chi connectivity index (χ0n) is 13.8. The van der Waals surface area contributed by atoms with Crippen LogP contribution in [0.4, 0.5) is 0 Å². The predicted octanol–water partition coefficient (Wildman–Crippen LogP) is 1.63. The summed E-state index contributed by atoms with van der Waals surface area (Å²) in [5, 5.41) is 14.9. The van der Waals surface area contributed by atoms with Gasteiger partial charge in [0.1, 0.15) is 6.33 Å². The molecule has 0 amide bonds. The number of ether oxygens (including phenoxy) is 1. The van der Waals surface area contributed by atoms with Gasteiger partial charge in [-0.15, -0.1) is 5.10 Å². The van der Waals surface area contributed by atoms with Gasteiger partial charge in [0.05, 0.1) is 31.5 Å². The van der Waals surface area contributed by atoms with Crippen LogP contribution in [0.1, 0.15) is 25.1 Å². The lowest BCUT2D eigenvalue weighted by Gasteiger charge is -2.39. The van der Waals surface area contributed by atoms with Crippen LogP contribution < -0.4 is 0 Å². The fourth-order valence-corrected chi connectivity index (χ4v) is 3.92. The number of aliphatic hydroxyl groups excluding tert-OH is 1. The first-order valence-corrected chi connectivity index (χ1v) is 8.77. The Morgan fingerprint density at radius 1 is 1.21 bits per heavy atom. The van der Waals surface area contributed by atoms with Gasteiger partial charge in [0.25, 0.3) is 0 Å². The van der Waals surface area contributed by atoms with Crippen molar-refractivity contribution >= 4 is 0 Å². The monoisotopic (exact) mass is 328 g/mol. The zero-order chi connectivity index (χ0) is 16.4. The third-order valence-electron chi connectivity index (χ3n) is 5.21. The van der Waals surface area contributed by atoms with Gasteiger partial charge in [-0.1, -0.05) is 24.6 Å². The highest BCUT2D eigenvalue weighted by Crippen LogP contribution is 2.32. The molecule has 2 aromatic rings. The van der Waals surface area contributed by atoms with Crippen LogP contribution in [0.2, 0.25) is 0 Å². The van der Waals surface area contributed by atoms with Gasteiger partial charge in [0, 0.05) is 18.5 Å². The standard InChI is InChI=1S/C18H24N4O2/c23-17-8-4-7-15(17)16-12-24-10-9-21(16)11-18-19-13-22(20-18)14-5-2-1-3-6-14/h1-3,5-6,13,15-17,23H,4,7-12H2/t15-,16+,17+/m0/s1. The van der Waals surface area contributed by atoms with Crippen LogP contribution in [0.3, 0.4) is 0 Å². The molecule has 6 nitrogen and oxygen atoms in total. The first-order valence-electron chi connectivity index (χ1n) is 8.77. The number of aliphatic hydroxyl groups is 1. The van der Waals surface area contributed by atoms with Gasteiger partial charge in [-0.2, -0.15) is 0 Å². The minimum Gasteiger partial charge on any atom is -0.393 e. The van der Waals surface area contributed by atoms with Gasteiger partial charge in [0.15, 0.2) is 5.82 Å². The highest BCUT2D eigenvalue weighted by molar-refractivity contribution is 5.29. The van der Waals surface area contributed by atoms with Crippen LogP contribution in [-0.2, 0) is 11.3 Å². The zero-order valence-corrected chi connectivity index (χ0v) is 13.8. The SMILES string of the molecule is O[C@@H]1CCC[C@H]1[C@H]1COCCN1Cc1ncn(-c2ccccc2)n1. The Kier molecular flexibility index (Phi) is 4.60. The summed E-state index contributed by atoms with van der Waals surface area (Å²) in [6.45, 7) is 3.00. The Labute approximate surface area is 142 Å². The molecule has 1 N–H and O–H groups in total. The Morgan fingerprint density at radius 2 is 2.08 bits per heavy atom. The summed E-state index contributed by atoms with van der Waals surface area (Å²) >= 11 is 0. The van der Waals surface area contributed by atoms with Crippen LogP contribution in [0.15, 0.2) is 36.7 Å². The molecule has 1 saturated heterocycles. The quantitative estimate of drug-likeness (QED) is 0.924. The molecule has 3 atom stereocenters. The van der Waals surface area contributed by atoms with Gasteiger partial charge < -0.3 is 9.84 Å². The fourth-order valence-electron chi connectivity index (χ4n) is 3.92. The second-order valence-corrected chi connectivity index (χ2v) is 6.72. The molecule has 24 heavy (non-hydrogen) atoms. The number of hydrogen-bond donors (Lipinski definition) is 1. The second-order valence-electron chi connectivity index (χ2n) is 6.72. The van der Waals surface area contributed by atoms with Crippen molar-refractivity contribution in [1.29, 1.82) is 0 Å². The van der Waals surface area contributed by atoms with Gasteiger partial charge >= 0.3 is 0 Å². The summed E-state index contributed by atoms with van der Waals surface area (Å²) in [4.78, 5) is 6.86. The smallest absolute Gasteiger partial charge is 0.165 e. The largest absolute Gasteiger partial charge is 0.393 e. The van der Waals surface area contributed by atoms with E-state index >= 15 is 0 Å². The Hall–Kier alpha value is -1.76. The highest BCUT2D eigenvalue weighted by atomic mass is 16.5. The summed E-state index contributed by atoms with van der Waals surface area (Å²) in [5.74, 6) is 1.12. The highest BCUT2D eigenvalue weighted by Gasteiger charge is 2.37. The molecule has 0 spiro atoms. The van der Waals surface area contributed by atoms with Crippen LogP contribution >= 0.6 is 0 Å². The average molecular weight is 328 g/mol.